The molecule has 2 amide bonds. The minimum absolute atomic E-state index is 0.180. The molecule has 0 atom stereocenters. The lowest BCUT2D eigenvalue weighted by Gasteiger charge is -2.17. The van der Waals surface area contributed by atoms with Crippen molar-refractivity contribution in [3.05, 3.63) is 30.3 Å². The summed E-state index contributed by atoms with van der Waals surface area (Å²) in [6, 6.07) is 9.20. The van der Waals surface area contributed by atoms with E-state index in [9.17, 15) is 4.79 Å². The van der Waals surface area contributed by atoms with Crippen molar-refractivity contribution in [3.8, 4) is 0 Å². The Balaban J connectivity index is 2.28. The highest BCUT2D eigenvalue weighted by Gasteiger charge is 2.08. The van der Waals surface area contributed by atoms with E-state index in [0.29, 0.717) is 13.2 Å². The highest BCUT2D eigenvalue weighted by Crippen LogP contribution is 2.10. The van der Waals surface area contributed by atoms with Crippen LogP contribution in [-0.2, 0) is 9.47 Å². The van der Waals surface area contributed by atoms with Crippen molar-refractivity contribution >= 4 is 11.7 Å². The third-order valence-electron chi connectivity index (χ3n) is 2.21. The second kappa shape index (κ2) is 7.65. The third kappa shape index (κ3) is 4.84. The Morgan fingerprint density at radius 3 is 2.65 bits per heavy atom. The van der Waals surface area contributed by atoms with Crippen molar-refractivity contribution in [2.75, 3.05) is 39.0 Å². The van der Waals surface area contributed by atoms with Crippen molar-refractivity contribution in [3.63, 3.8) is 0 Å². The number of anilines is 1. The fourth-order valence-electron chi connectivity index (χ4n) is 1.21. The summed E-state index contributed by atoms with van der Waals surface area (Å²) in [4.78, 5) is 13.2. The Kier molecular flexibility index (Phi) is 6.06. The summed E-state index contributed by atoms with van der Waals surface area (Å²) in [5.74, 6) is 0. The number of rotatable bonds is 6. The third-order valence-corrected chi connectivity index (χ3v) is 2.21. The molecule has 0 bridgehead atoms. The van der Waals surface area contributed by atoms with Crippen molar-refractivity contribution in [1.29, 1.82) is 0 Å². The summed E-state index contributed by atoms with van der Waals surface area (Å²) in [6.45, 7) is 1.16. The van der Waals surface area contributed by atoms with Gasteiger partial charge in [-0.3, -0.25) is 4.90 Å². The number of hydrogen-bond acceptors (Lipinski definition) is 3. The number of nitrogens with one attached hydrogen (secondary N) is 1. The molecular weight excluding hydrogens is 220 g/mol. The minimum Gasteiger partial charge on any atom is -0.382 e. The highest BCUT2D eigenvalue weighted by atomic mass is 16.5. The number of carbonyl (C=O) groups is 1. The van der Waals surface area contributed by atoms with Gasteiger partial charge in [0, 0.05) is 19.8 Å². The average molecular weight is 238 g/mol. The quantitative estimate of drug-likeness (QED) is 0.603. The first-order valence-electron chi connectivity index (χ1n) is 5.39. The van der Waals surface area contributed by atoms with Crippen LogP contribution in [0.15, 0.2) is 30.3 Å². The summed E-state index contributed by atoms with van der Waals surface area (Å²) in [7, 11) is 3.31. The van der Waals surface area contributed by atoms with E-state index >= 15 is 0 Å². The maximum atomic E-state index is 11.7. The molecule has 5 nitrogen and oxygen atoms in total. The van der Waals surface area contributed by atoms with E-state index in [4.69, 9.17) is 9.47 Å². The van der Waals surface area contributed by atoms with Gasteiger partial charge in [-0.25, -0.2) is 4.79 Å². The maximum Gasteiger partial charge on any atom is 0.323 e. The molecule has 1 rings (SSSR count). The van der Waals surface area contributed by atoms with Gasteiger partial charge in [-0.1, -0.05) is 18.2 Å². The molecule has 1 aromatic carbocycles. The molecule has 0 saturated heterocycles. The van der Waals surface area contributed by atoms with Crippen LogP contribution in [0.5, 0.6) is 0 Å². The topological polar surface area (TPSA) is 50.8 Å². The SMILES string of the molecule is COCCOCNC(=O)N(C)c1ccccc1. The van der Waals surface area contributed by atoms with Gasteiger partial charge in [0.05, 0.1) is 13.2 Å². The molecule has 0 aliphatic carbocycles. The summed E-state index contributed by atoms with van der Waals surface area (Å²) >= 11 is 0. The van der Waals surface area contributed by atoms with Gasteiger partial charge in [0.2, 0.25) is 0 Å². The molecule has 94 valence electrons. The lowest BCUT2D eigenvalue weighted by atomic mass is 10.3. The number of methoxy groups -OCH3 is 1. The molecule has 0 heterocycles. The zero-order chi connectivity index (χ0) is 12.5. The molecule has 1 N–H and O–H groups in total. The Morgan fingerprint density at radius 1 is 1.29 bits per heavy atom. The van der Waals surface area contributed by atoms with E-state index < -0.39 is 0 Å². The Hall–Kier alpha value is -1.59. The normalized spacial score (nSPS) is 10.0. The number of ether oxygens (including phenoxy) is 2. The number of hydrogen-bond donors (Lipinski definition) is 1. The van der Waals surface area contributed by atoms with Crippen LogP contribution in [0.25, 0.3) is 0 Å². The van der Waals surface area contributed by atoms with Crippen LogP contribution in [0.1, 0.15) is 0 Å². The van der Waals surface area contributed by atoms with Crippen molar-refractivity contribution < 1.29 is 14.3 Å². The molecule has 0 aromatic heterocycles. The molecule has 0 saturated carbocycles. The molecule has 0 radical (unpaired) electrons. The van der Waals surface area contributed by atoms with Crippen LogP contribution in [0.2, 0.25) is 0 Å². The fourth-order valence-corrected chi connectivity index (χ4v) is 1.21. The lowest BCUT2D eigenvalue weighted by Crippen LogP contribution is -2.38. The minimum atomic E-state index is -0.200. The van der Waals surface area contributed by atoms with E-state index in [1.807, 2.05) is 30.3 Å². The highest BCUT2D eigenvalue weighted by molar-refractivity contribution is 5.91. The average Bonchev–Trinajstić information content (AvgIpc) is 2.38. The van der Waals surface area contributed by atoms with Gasteiger partial charge in [-0.05, 0) is 12.1 Å². The number of urea groups is 1. The largest absolute Gasteiger partial charge is 0.382 e. The summed E-state index contributed by atoms with van der Waals surface area (Å²) in [5.41, 5.74) is 0.835. The first-order chi connectivity index (χ1) is 8.25. The number of carbonyl (C=O) groups excluding carboxylic acids is 1. The second-order valence-corrected chi connectivity index (χ2v) is 3.42. The summed E-state index contributed by atoms with van der Waals surface area (Å²) in [6.07, 6.45) is 0. The number of benzene rings is 1. The van der Waals surface area contributed by atoms with E-state index in [1.54, 1.807) is 14.2 Å². The van der Waals surface area contributed by atoms with Gasteiger partial charge in [-0.2, -0.15) is 0 Å². The van der Waals surface area contributed by atoms with Crippen LogP contribution in [0, 0.1) is 0 Å². The van der Waals surface area contributed by atoms with Gasteiger partial charge in [-0.15, -0.1) is 0 Å². The van der Waals surface area contributed by atoms with Crippen LogP contribution in [0.4, 0.5) is 10.5 Å². The summed E-state index contributed by atoms with van der Waals surface area (Å²) < 4.78 is 9.96. The fraction of sp³-hybridized carbons (Fsp3) is 0.417. The van der Waals surface area contributed by atoms with E-state index in [2.05, 4.69) is 5.32 Å². The molecular formula is C12H18N2O3. The molecule has 17 heavy (non-hydrogen) atoms. The van der Waals surface area contributed by atoms with E-state index in [1.165, 1.54) is 4.90 Å². The summed E-state index contributed by atoms with van der Waals surface area (Å²) in [5, 5.41) is 2.65. The molecule has 1 aromatic rings. The molecule has 0 aliphatic rings. The lowest BCUT2D eigenvalue weighted by molar-refractivity contribution is 0.0647. The Bertz CT molecular complexity index is 330. The number of amides is 2. The van der Waals surface area contributed by atoms with Gasteiger partial charge in [0.15, 0.2) is 0 Å². The first kappa shape index (κ1) is 13.5. The predicted molar refractivity (Wildman–Crippen MR) is 66.1 cm³/mol. The van der Waals surface area contributed by atoms with E-state index in [-0.39, 0.29) is 12.8 Å². The van der Waals surface area contributed by atoms with E-state index in [0.717, 1.165) is 5.69 Å². The maximum absolute atomic E-state index is 11.7. The molecule has 0 unspecified atom stereocenters. The Morgan fingerprint density at radius 2 is 2.00 bits per heavy atom. The van der Waals surface area contributed by atoms with Crippen molar-refractivity contribution in [2.24, 2.45) is 0 Å². The second-order valence-electron chi connectivity index (χ2n) is 3.42. The van der Waals surface area contributed by atoms with Crippen molar-refractivity contribution in [2.45, 2.75) is 0 Å². The van der Waals surface area contributed by atoms with Gasteiger partial charge >= 0.3 is 6.03 Å². The van der Waals surface area contributed by atoms with Crippen LogP contribution < -0.4 is 10.2 Å². The smallest absolute Gasteiger partial charge is 0.323 e. The van der Waals surface area contributed by atoms with Crippen molar-refractivity contribution in [1.82, 2.24) is 5.32 Å². The van der Waals surface area contributed by atoms with Gasteiger partial charge in [0.1, 0.15) is 6.73 Å². The van der Waals surface area contributed by atoms with Gasteiger partial charge < -0.3 is 14.8 Å². The standard InChI is InChI=1S/C12H18N2O3/c1-14(11-6-4-3-5-7-11)12(15)13-10-17-9-8-16-2/h3-7H,8-10H2,1-2H3,(H,13,15). The number of nitrogens with zero attached hydrogens (tertiary/aromatic N) is 1. The molecule has 0 aliphatic heterocycles. The Labute approximate surface area is 101 Å². The number of para-hydroxylation sites is 1. The van der Waals surface area contributed by atoms with Crippen LogP contribution in [-0.4, -0.2) is 40.1 Å². The van der Waals surface area contributed by atoms with Crippen LogP contribution in [0.3, 0.4) is 0 Å². The predicted octanol–water partition coefficient (Wildman–Crippen LogP) is 1.45. The zero-order valence-corrected chi connectivity index (χ0v) is 10.2. The van der Waals surface area contributed by atoms with Gasteiger partial charge in [0.25, 0.3) is 0 Å². The van der Waals surface area contributed by atoms with Crippen LogP contribution >= 0.6 is 0 Å². The zero-order valence-electron chi connectivity index (χ0n) is 10.2. The molecule has 5 heteroatoms. The molecule has 0 fully saturated rings. The first-order valence-corrected chi connectivity index (χ1v) is 5.39. The molecule has 0 spiro atoms. The monoisotopic (exact) mass is 238 g/mol.